The third kappa shape index (κ3) is 3.36. The highest BCUT2D eigenvalue weighted by atomic mass is 19.4. The summed E-state index contributed by atoms with van der Waals surface area (Å²) < 4.78 is 43.1. The molecule has 29 heavy (non-hydrogen) atoms. The van der Waals surface area contributed by atoms with Gasteiger partial charge in [0.1, 0.15) is 11.7 Å². The molecule has 1 N–H and O–H groups in total. The minimum Gasteiger partial charge on any atom is -0.331 e. The number of anilines is 1. The zero-order valence-electron chi connectivity index (χ0n) is 15.9. The summed E-state index contributed by atoms with van der Waals surface area (Å²) >= 11 is 0. The van der Waals surface area contributed by atoms with Crippen molar-refractivity contribution in [2.45, 2.75) is 50.5 Å². The SMILES string of the molecule is Cc1cccc(NC2(C(F)(F)F)N=C(c3ccccc3)N(C3CCCC3)C2=O)n1. The third-order valence-electron chi connectivity index (χ3n) is 5.36. The van der Waals surface area contributed by atoms with Crippen LogP contribution in [0.4, 0.5) is 19.0 Å². The van der Waals surface area contributed by atoms with Crippen molar-refractivity contribution in [1.82, 2.24) is 9.88 Å². The number of carbonyl (C=O) groups is 1. The fourth-order valence-electron chi connectivity index (χ4n) is 3.96. The molecule has 1 unspecified atom stereocenters. The average Bonchev–Trinajstić information content (AvgIpc) is 3.29. The number of amidine groups is 1. The maximum Gasteiger partial charge on any atom is 0.442 e. The Labute approximate surface area is 166 Å². The van der Waals surface area contributed by atoms with E-state index in [4.69, 9.17) is 0 Å². The molecule has 2 aromatic rings. The number of pyridine rings is 1. The number of hydrogen-bond donors (Lipinski definition) is 1. The zero-order valence-corrected chi connectivity index (χ0v) is 15.9. The van der Waals surface area contributed by atoms with Crippen LogP contribution in [0, 0.1) is 6.92 Å². The largest absolute Gasteiger partial charge is 0.442 e. The van der Waals surface area contributed by atoms with Crippen LogP contribution in [0.2, 0.25) is 0 Å². The average molecular weight is 402 g/mol. The predicted octanol–water partition coefficient (Wildman–Crippen LogP) is 4.29. The first-order chi connectivity index (χ1) is 13.8. The minimum atomic E-state index is -4.94. The van der Waals surface area contributed by atoms with E-state index < -0.39 is 17.7 Å². The zero-order chi connectivity index (χ0) is 20.6. The molecule has 2 aliphatic rings. The van der Waals surface area contributed by atoms with Crippen molar-refractivity contribution in [3.8, 4) is 0 Å². The first kappa shape index (κ1) is 19.4. The molecular formula is C21H21F3N4O. The Balaban J connectivity index is 1.85. The molecule has 1 aliphatic carbocycles. The van der Waals surface area contributed by atoms with E-state index in [1.807, 2.05) is 0 Å². The summed E-state index contributed by atoms with van der Waals surface area (Å²) in [5.41, 5.74) is -2.07. The van der Waals surface area contributed by atoms with E-state index in [9.17, 15) is 18.0 Å². The summed E-state index contributed by atoms with van der Waals surface area (Å²) in [7, 11) is 0. The monoisotopic (exact) mass is 402 g/mol. The van der Waals surface area contributed by atoms with E-state index in [1.165, 1.54) is 11.0 Å². The van der Waals surface area contributed by atoms with Gasteiger partial charge in [0.25, 0.3) is 5.91 Å². The second-order valence-corrected chi connectivity index (χ2v) is 7.41. The van der Waals surface area contributed by atoms with Gasteiger partial charge in [-0.3, -0.25) is 9.69 Å². The van der Waals surface area contributed by atoms with Crippen LogP contribution in [-0.4, -0.2) is 39.5 Å². The van der Waals surface area contributed by atoms with Crippen molar-refractivity contribution in [2.75, 3.05) is 5.32 Å². The van der Waals surface area contributed by atoms with Crippen LogP contribution in [0.5, 0.6) is 0 Å². The van der Waals surface area contributed by atoms with Crippen molar-refractivity contribution in [3.63, 3.8) is 0 Å². The first-order valence-corrected chi connectivity index (χ1v) is 9.59. The van der Waals surface area contributed by atoms with Gasteiger partial charge in [0.2, 0.25) is 0 Å². The van der Waals surface area contributed by atoms with Crippen LogP contribution >= 0.6 is 0 Å². The van der Waals surface area contributed by atoms with E-state index in [1.54, 1.807) is 49.4 Å². The molecule has 0 radical (unpaired) electrons. The maximum atomic E-state index is 14.4. The highest BCUT2D eigenvalue weighted by Crippen LogP contribution is 2.42. The van der Waals surface area contributed by atoms with Crippen LogP contribution < -0.4 is 5.32 Å². The fraction of sp³-hybridized carbons (Fsp3) is 0.381. The Morgan fingerprint density at radius 3 is 2.38 bits per heavy atom. The van der Waals surface area contributed by atoms with Crippen molar-refractivity contribution < 1.29 is 18.0 Å². The highest BCUT2D eigenvalue weighted by Gasteiger charge is 2.67. The summed E-state index contributed by atoms with van der Waals surface area (Å²) in [6.45, 7) is 1.67. The molecule has 1 atom stereocenters. The Morgan fingerprint density at radius 1 is 1.07 bits per heavy atom. The second kappa shape index (κ2) is 7.17. The van der Waals surface area contributed by atoms with Crippen molar-refractivity contribution in [2.24, 2.45) is 4.99 Å². The number of aliphatic imine (C=N–C) groups is 1. The molecule has 1 fully saturated rings. The van der Waals surface area contributed by atoms with E-state index >= 15 is 0 Å². The van der Waals surface area contributed by atoms with Gasteiger partial charge in [0.15, 0.2) is 0 Å². The molecule has 8 heteroatoms. The summed E-state index contributed by atoms with van der Waals surface area (Å²) in [6, 6.07) is 12.9. The summed E-state index contributed by atoms with van der Waals surface area (Å²) in [6.07, 6.45) is -1.86. The number of hydrogen-bond acceptors (Lipinski definition) is 4. The van der Waals surface area contributed by atoms with Gasteiger partial charge in [-0.15, -0.1) is 0 Å². The van der Waals surface area contributed by atoms with Crippen molar-refractivity contribution in [3.05, 3.63) is 59.8 Å². The topological polar surface area (TPSA) is 57.6 Å². The minimum absolute atomic E-state index is 0.0416. The number of carbonyl (C=O) groups excluding carboxylic acids is 1. The quantitative estimate of drug-likeness (QED) is 0.830. The lowest BCUT2D eigenvalue weighted by molar-refractivity contribution is -0.185. The standard InChI is InChI=1S/C21H21F3N4O/c1-14-8-7-13-17(25-14)26-20(21(22,23)24)19(29)28(16-11-5-6-12-16)18(27-20)15-9-3-2-4-10-15/h2-4,7-10,13,16H,5-6,11-12H2,1H3,(H,25,26). The summed E-state index contributed by atoms with van der Waals surface area (Å²) in [4.78, 5) is 22.7. The Bertz CT molecular complexity index is 938. The molecule has 4 rings (SSSR count). The van der Waals surface area contributed by atoms with Gasteiger partial charge in [0, 0.05) is 17.3 Å². The van der Waals surface area contributed by atoms with Gasteiger partial charge < -0.3 is 5.32 Å². The van der Waals surface area contributed by atoms with Gasteiger partial charge in [-0.25, -0.2) is 9.98 Å². The van der Waals surface area contributed by atoms with Crippen LogP contribution in [0.1, 0.15) is 36.9 Å². The number of alkyl halides is 3. The molecule has 2 heterocycles. The summed E-state index contributed by atoms with van der Waals surface area (Å²) in [5.74, 6) is -1.08. The number of nitrogens with zero attached hydrogens (tertiary/aromatic N) is 3. The molecule has 0 bridgehead atoms. The van der Waals surface area contributed by atoms with E-state index in [-0.39, 0.29) is 17.7 Å². The van der Waals surface area contributed by atoms with E-state index in [0.717, 1.165) is 12.8 Å². The number of nitrogens with one attached hydrogen (secondary N) is 1. The molecule has 5 nitrogen and oxygen atoms in total. The molecule has 1 saturated carbocycles. The number of benzene rings is 1. The lowest BCUT2D eigenvalue weighted by atomic mass is 10.1. The van der Waals surface area contributed by atoms with Gasteiger partial charge in [-0.2, -0.15) is 13.2 Å². The van der Waals surface area contributed by atoms with Crippen molar-refractivity contribution >= 4 is 17.6 Å². The van der Waals surface area contributed by atoms with Gasteiger partial charge in [0.05, 0.1) is 0 Å². The van der Waals surface area contributed by atoms with E-state index in [2.05, 4.69) is 15.3 Å². The number of rotatable bonds is 4. The molecule has 1 aliphatic heterocycles. The third-order valence-corrected chi connectivity index (χ3v) is 5.36. The summed E-state index contributed by atoms with van der Waals surface area (Å²) in [5, 5.41) is 2.32. The molecule has 0 saturated heterocycles. The first-order valence-electron chi connectivity index (χ1n) is 9.59. The van der Waals surface area contributed by atoms with Gasteiger partial charge >= 0.3 is 11.8 Å². The Kier molecular flexibility index (Phi) is 4.80. The van der Waals surface area contributed by atoms with Crippen LogP contribution in [0.3, 0.4) is 0 Å². The molecule has 152 valence electrons. The molecule has 0 spiro atoms. The molecule has 1 aromatic heterocycles. The highest BCUT2D eigenvalue weighted by molar-refractivity contribution is 6.16. The van der Waals surface area contributed by atoms with E-state index in [0.29, 0.717) is 24.1 Å². The molecule has 1 aromatic carbocycles. The number of aromatic nitrogens is 1. The Morgan fingerprint density at radius 2 is 1.76 bits per heavy atom. The number of halogens is 3. The number of aryl methyl sites for hydroxylation is 1. The lowest BCUT2D eigenvalue weighted by Crippen LogP contribution is -2.59. The molecular weight excluding hydrogens is 381 g/mol. The normalized spacial score (nSPS) is 22.8. The Hall–Kier alpha value is -2.90. The second-order valence-electron chi connectivity index (χ2n) is 7.41. The maximum absolute atomic E-state index is 14.4. The molecule has 1 amide bonds. The predicted molar refractivity (Wildman–Crippen MR) is 103 cm³/mol. The van der Waals surface area contributed by atoms with Gasteiger partial charge in [-0.05, 0) is 31.9 Å². The van der Waals surface area contributed by atoms with Crippen LogP contribution in [0.25, 0.3) is 0 Å². The van der Waals surface area contributed by atoms with Crippen molar-refractivity contribution in [1.29, 1.82) is 0 Å². The van der Waals surface area contributed by atoms with Crippen LogP contribution in [-0.2, 0) is 4.79 Å². The van der Waals surface area contributed by atoms with Gasteiger partial charge in [-0.1, -0.05) is 49.2 Å². The lowest BCUT2D eigenvalue weighted by Gasteiger charge is -2.31. The number of amides is 1. The van der Waals surface area contributed by atoms with Crippen LogP contribution in [0.15, 0.2) is 53.5 Å². The smallest absolute Gasteiger partial charge is 0.331 e. The fourth-order valence-corrected chi connectivity index (χ4v) is 3.96.